The molecule has 1 aliphatic rings. The fourth-order valence-electron chi connectivity index (χ4n) is 1.33. The van der Waals surface area contributed by atoms with Crippen LogP contribution in [0.4, 0.5) is 0 Å². The van der Waals surface area contributed by atoms with E-state index < -0.39 is 8.32 Å². The van der Waals surface area contributed by atoms with Crippen molar-refractivity contribution < 1.29 is 4.43 Å². The topological polar surface area (TPSA) is 21.3 Å². The molecule has 88 valence electrons. The molecule has 1 fully saturated rings. The summed E-state index contributed by atoms with van der Waals surface area (Å²) in [6.45, 7) is 12.2. The van der Waals surface area contributed by atoms with E-state index >= 15 is 0 Å². The van der Waals surface area contributed by atoms with E-state index in [9.17, 15) is 0 Å². The first-order valence-corrected chi connectivity index (χ1v) is 8.97. The molecule has 1 saturated heterocycles. The predicted molar refractivity (Wildman–Crippen MR) is 71.9 cm³/mol. The summed E-state index contributed by atoms with van der Waals surface area (Å²) in [6.07, 6.45) is 2.16. The summed E-state index contributed by atoms with van der Waals surface area (Å²) in [5.41, 5.74) is 0. The molecule has 0 aromatic carbocycles. The Hall–Kier alpha value is 0.0669. The van der Waals surface area contributed by atoms with Crippen LogP contribution in [-0.2, 0) is 4.43 Å². The lowest BCUT2D eigenvalue weighted by Crippen LogP contribution is -2.44. The third-order valence-electron chi connectivity index (χ3n) is 3.54. The van der Waals surface area contributed by atoms with E-state index in [0.717, 1.165) is 24.4 Å². The van der Waals surface area contributed by atoms with Gasteiger partial charge in [0.25, 0.3) is 0 Å². The number of hydrogen-bond donors (Lipinski definition) is 1. The van der Waals surface area contributed by atoms with Gasteiger partial charge in [0, 0.05) is 6.04 Å². The summed E-state index contributed by atoms with van der Waals surface area (Å²) in [5.74, 6) is 0. The fraction of sp³-hybridized carbons (Fsp3) is 0.909. The first-order valence-electron chi connectivity index (χ1n) is 5.66. The van der Waals surface area contributed by atoms with Gasteiger partial charge in [-0.25, -0.2) is 0 Å². The summed E-state index contributed by atoms with van der Waals surface area (Å²) >= 11 is 5.12. The Bertz CT molecular complexity index is 247. The van der Waals surface area contributed by atoms with Gasteiger partial charge in [-0.15, -0.1) is 0 Å². The monoisotopic (exact) mass is 245 g/mol. The molecule has 1 atom stereocenters. The van der Waals surface area contributed by atoms with Gasteiger partial charge in [-0.05, 0) is 31.0 Å². The highest BCUT2D eigenvalue weighted by Crippen LogP contribution is 2.36. The van der Waals surface area contributed by atoms with E-state index in [1.807, 2.05) is 0 Å². The summed E-state index contributed by atoms with van der Waals surface area (Å²) in [4.78, 5) is 0.999. The van der Waals surface area contributed by atoms with Crippen LogP contribution in [0.15, 0.2) is 0 Å². The van der Waals surface area contributed by atoms with Crippen molar-refractivity contribution in [3.05, 3.63) is 0 Å². The number of hydrogen-bond acceptors (Lipinski definition) is 2. The van der Waals surface area contributed by atoms with E-state index in [1.165, 1.54) is 0 Å². The SMILES string of the molecule is CC(C)(C)[Si](C)(C)OC[C@@H]1CCC(=S)N1. The number of nitrogens with one attached hydrogen (secondary N) is 1. The lowest BCUT2D eigenvalue weighted by molar-refractivity contribution is 0.256. The molecule has 0 aliphatic carbocycles. The second kappa shape index (κ2) is 4.51. The van der Waals surface area contributed by atoms with Gasteiger partial charge in [0.05, 0.1) is 11.6 Å². The van der Waals surface area contributed by atoms with Crippen molar-refractivity contribution in [3.8, 4) is 0 Å². The van der Waals surface area contributed by atoms with Gasteiger partial charge in [0.15, 0.2) is 8.32 Å². The molecule has 0 bridgehead atoms. The zero-order chi connectivity index (χ0) is 11.7. The summed E-state index contributed by atoms with van der Waals surface area (Å²) in [7, 11) is -1.58. The standard InChI is InChI=1S/C11H23NOSSi/c1-11(2,3)15(4,5)13-8-9-6-7-10(14)12-9/h9H,6-8H2,1-5H3,(H,12,14)/t9-/m0/s1. The van der Waals surface area contributed by atoms with Crippen LogP contribution in [0.2, 0.25) is 18.1 Å². The molecular formula is C11H23NOSSi. The van der Waals surface area contributed by atoms with Crippen LogP contribution in [0.25, 0.3) is 0 Å². The van der Waals surface area contributed by atoms with Crippen LogP contribution in [0.1, 0.15) is 33.6 Å². The van der Waals surface area contributed by atoms with Crippen molar-refractivity contribution in [2.75, 3.05) is 6.61 Å². The second-order valence-electron chi connectivity index (χ2n) is 5.87. The predicted octanol–water partition coefficient (Wildman–Crippen LogP) is 3.09. The van der Waals surface area contributed by atoms with Crippen LogP contribution in [0.3, 0.4) is 0 Å². The van der Waals surface area contributed by atoms with Crippen molar-refractivity contribution in [2.45, 2.75) is 57.8 Å². The average molecular weight is 245 g/mol. The van der Waals surface area contributed by atoms with Gasteiger partial charge in [-0.3, -0.25) is 0 Å². The molecule has 0 spiro atoms. The minimum Gasteiger partial charge on any atom is -0.415 e. The lowest BCUT2D eigenvalue weighted by Gasteiger charge is -2.36. The molecule has 0 aromatic heterocycles. The molecule has 1 rings (SSSR count). The number of rotatable bonds is 3. The molecule has 2 nitrogen and oxygen atoms in total. The van der Waals surface area contributed by atoms with E-state index in [2.05, 4.69) is 39.2 Å². The first-order chi connectivity index (χ1) is 6.72. The van der Waals surface area contributed by atoms with Crippen molar-refractivity contribution in [1.82, 2.24) is 5.32 Å². The summed E-state index contributed by atoms with van der Waals surface area (Å²) < 4.78 is 6.14. The van der Waals surface area contributed by atoms with Gasteiger partial charge >= 0.3 is 0 Å². The molecule has 15 heavy (non-hydrogen) atoms. The Labute approximate surface area is 99.9 Å². The minimum atomic E-state index is -1.58. The normalized spacial score (nSPS) is 23.0. The molecular weight excluding hydrogens is 222 g/mol. The minimum absolute atomic E-state index is 0.298. The highest BCUT2D eigenvalue weighted by molar-refractivity contribution is 7.80. The highest BCUT2D eigenvalue weighted by Gasteiger charge is 2.37. The first kappa shape index (κ1) is 13.1. The van der Waals surface area contributed by atoms with Gasteiger partial charge in [0.1, 0.15) is 0 Å². The van der Waals surface area contributed by atoms with Crippen molar-refractivity contribution >= 4 is 25.5 Å². The fourth-order valence-corrected chi connectivity index (χ4v) is 2.66. The third kappa shape index (κ3) is 3.54. The Kier molecular flexibility index (Phi) is 3.95. The Morgan fingerprint density at radius 1 is 1.47 bits per heavy atom. The molecule has 0 saturated carbocycles. The van der Waals surface area contributed by atoms with Crippen LogP contribution >= 0.6 is 12.2 Å². The lowest BCUT2D eigenvalue weighted by atomic mass is 10.2. The smallest absolute Gasteiger partial charge is 0.192 e. The van der Waals surface area contributed by atoms with Crippen molar-refractivity contribution in [3.63, 3.8) is 0 Å². The van der Waals surface area contributed by atoms with Crippen LogP contribution in [0.5, 0.6) is 0 Å². The maximum atomic E-state index is 6.14. The van der Waals surface area contributed by atoms with Crippen LogP contribution < -0.4 is 5.32 Å². The Morgan fingerprint density at radius 2 is 2.07 bits per heavy atom. The van der Waals surface area contributed by atoms with Crippen LogP contribution in [0, 0.1) is 0 Å². The van der Waals surface area contributed by atoms with Gasteiger partial charge in [-0.1, -0.05) is 33.0 Å². The molecule has 4 heteroatoms. The maximum absolute atomic E-state index is 6.14. The number of thiocarbonyl (C=S) groups is 1. The Morgan fingerprint density at radius 3 is 2.47 bits per heavy atom. The average Bonchev–Trinajstić information content (AvgIpc) is 2.46. The van der Waals surface area contributed by atoms with E-state index in [1.54, 1.807) is 0 Å². The van der Waals surface area contributed by atoms with Gasteiger partial charge < -0.3 is 9.74 Å². The maximum Gasteiger partial charge on any atom is 0.192 e. The zero-order valence-corrected chi connectivity index (χ0v) is 12.3. The third-order valence-corrected chi connectivity index (χ3v) is 8.36. The van der Waals surface area contributed by atoms with Crippen molar-refractivity contribution in [2.24, 2.45) is 0 Å². The molecule has 0 amide bonds. The van der Waals surface area contributed by atoms with Gasteiger partial charge in [-0.2, -0.15) is 0 Å². The molecule has 1 heterocycles. The summed E-state index contributed by atoms with van der Waals surface area (Å²) in [6, 6.07) is 0.451. The highest BCUT2D eigenvalue weighted by atomic mass is 32.1. The molecule has 0 aromatic rings. The van der Waals surface area contributed by atoms with E-state index in [-0.39, 0.29) is 0 Å². The molecule has 1 N–H and O–H groups in total. The largest absolute Gasteiger partial charge is 0.415 e. The van der Waals surface area contributed by atoms with Crippen molar-refractivity contribution in [1.29, 1.82) is 0 Å². The van der Waals surface area contributed by atoms with E-state index in [4.69, 9.17) is 16.6 Å². The summed E-state index contributed by atoms with van der Waals surface area (Å²) in [5, 5.41) is 3.60. The van der Waals surface area contributed by atoms with Crippen LogP contribution in [-0.4, -0.2) is 26.0 Å². The molecule has 1 aliphatic heterocycles. The quantitative estimate of drug-likeness (QED) is 0.610. The zero-order valence-electron chi connectivity index (χ0n) is 10.5. The molecule has 0 radical (unpaired) electrons. The Balaban J connectivity index is 2.40. The van der Waals surface area contributed by atoms with Gasteiger partial charge in [0.2, 0.25) is 0 Å². The van der Waals surface area contributed by atoms with E-state index in [0.29, 0.717) is 11.1 Å². The molecule has 0 unspecified atom stereocenters. The second-order valence-corrected chi connectivity index (χ2v) is 11.2.